The molecule has 0 bridgehead atoms. The fourth-order valence-corrected chi connectivity index (χ4v) is 1.38. The van der Waals surface area contributed by atoms with E-state index in [0.29, 0.717) is 11.5 Å². The Hall–Kier alpha value is -1.38. The second-order valence-corrected chi connectivity index (χ2v) is 2.75. The van der Waals surface area contributed by atoms with Crippen molar-refractivity contribution in [2.24, 2.45) is 0 Å². The van der Waals surface area contributed by atoms with Crippen molar-refractivity contribution in [2.45, 2.75) is 13.3 Å². The fraction of sp³-hybridized carbons (Fsp3) is 0.400. The van der Waals surface area contributed by atoms with Crippen LogP contribution in [0.3, 0.4) is 0 Å². The molecule has 0 aromatic heterocycles. The van der Waals surface area contributed by atoms with Crippen molar-refractivity contribution in [3.8, 4) is 17.2 Å². The molecule has 1 heterocycles. The third kappa shape index (κ3) is 1.20. The van der Waals surface area contributed by atoms with Crippen LogP contribution in [0.2, 0.25) is 0 Å². The number of rotatable bonds is 2. The van der Waals surface area contributed by atoms with E-state index in [1.165, 1.54) is 0 Å². The molecule has 1 aliphatic heterocycles. The van der Waals surface area contributed by atoms with Crippen molar-refractivity contribution in [3.63, 3.8) is 0 Å². The quantitative estimate of drug-likeness (QED) is 0.692. The van der Waals surface area contributed by atoms with Crippen molar-refractivity contribution in [3.05, 3.63) is 17.7 Å². The Balaban J connectivity index is 2.52. The molecule has 0 fully saturated rings. The van der Waals surface area contributed by atoms with Gasteiger partial charge in [-0.05, 0) is 18.6 Å². The second-order valence-electron chi connectivity index (χ2n) is 2.75. The highest BCUT2D eigenvalue weighted by atomic mass is 16.7. The molecule has 2 rings (SSSR count). The molecular weight excluding hydrogens is 168 g/mol. The Bertz CT molecular complexity index is 289. The van der Waals surface area contributed by atoms with Crippen LogP contribution in [0.25, 0.3) is 0 Å². The number of ether oxygens (including phenoxy) is 3. The maximum atomic E-state index is 5.33. The maximum Gasteiger partial charge on any atom is 0.231 e. The highest BCUT2D eigenvalue weighted by molar-refractivity contribution is 5.56. The van der Waals surface area contributed by atoms with Crippen LogP contribution in [-0.2, 0) is 6.42 Å². The standard InChI is InChI=1S/C10H11O3/c1-3-7-4-5-8(11-2)10-9(7)12-6-13-10/h5H,3,6H2,1-2H3. The van der Waals surface area contributed by atoms with E-state index < -0.39 is 0 Å². The smallest absolute Gasteiger partial charge is 0.231 e. The number of hydrogen-bond acceptors (Lipinski definition) is 3. The van der Waals surface area contributed by atoms with E-state index in [2.05, 4.69) is 13.0 Å². The summed E-state index contributed by atoms with van der Waals surface area (Å²) >= 11 is 0. The Morgan fingerprint density at radius 1 is 1.46 bits per heavy atom. The lowest BCUT2D eigenvalue weighted by molar-refractivity contribution is 0.170. The molecule has 13 heavy (non-hydrogen) atoms. The molecule has 3 nitrogen and oxygen atoms in total. The van der Waals surface area contributed by atoms with Crippen molar-refractivity contribution in [2.75, 3.05) is 13.9 Å². The number of methoxy groups -OCH3 is 1. The van der Waals surface area contributed by atoms with Gasteiger partial charge in [0.15, 0.2) is 11.5 Å². The van der Waals surface area contributed by atoms with Crippen molar-refractivity contribution in [1.29, 1.82) is 0 Å². The van der Waals surface area contributed by atoms with Gasteiger partial charge in [0.1, 0.15) is 0 Å². The molecule has 1 aromatic rings. The van der Waals surface area contributed by atoms with Gasteiger partial charge in [-0.15, -0.1) is 0 Å². The predicted octanol–water partition coefficient (Wildman–Crippen LogP) is 1.79. The minimum atomic E-state index is 0.274. The molecular formula is C10H11O3. The van der Waals surface area contributed by atoms with Gasteiger partial charge in [0.25, 0.3) is 0 Å². The third-order valence-corrected chi connectivity index (χ3v) is 2.06. The van der Waals surface area contributed by atoms with Crippen molar-refractivity contribution >= 4 is 0 Å². The van der Waals surface area contributed by atoms with Crippen LogP contribution < -0.4 is 14.2 Å². The van der Waals surface area contributed by atoms with Crippen LogP contribution >= 0.6 is 0 Å². The Morgan fingerprint density at radius 2 is 2.23 bits per heavy atom. The lowest BCUT2D eigenvalue weighted by atomic mass is 10.1. The molecule has 1 aliphatic rings. The highest BCUT2D eigenvalue weighted by Gasteiger charge is 2.21. The van der Waals surface area contributed by atoms with Crippen molar-refractivity contribution in [1.82, 2.24) is 0 Å². The van der Waals surface area contributed by atoms with E-state index in [0.717, 1.165) is 17.7 Å². The lowest BCUT2D eigenvalue weighted by Gasteiger charge is -2.06. The lowest BCUT2D eigenvalue weighted by Crippen LogP contribution is -1.94. The SMILES string of the molecule is CCc1[c]cc(OC)c2c1OCO2. The van der Waals surface area contributed by atoms with Gasteiger partial charge in [-0.25, -0.2) is 0 Å². The van der Waals surface area contributed by atoms with Gasteiger partial charge in [0, 0.05) is 5.56 Å². The van der Waals surface area contributed by atoms with Gasteiger partial charge < -0.3 is 14.2 Å². The van der Waals surface area contributed by atoms with Gasteiger partial charge in [-0.3, -0.25) is 0 Å². The summed E-state index contributed by atoms with van der Waals surface area (Å²) in [5, 5.41) is 0. The minimum Gasteiger partial charge on any atom is -0.493 e. The number of hydrogen-bond donors (Lipinski definition) is 0. The Labute approximate surface area is 77.2 Å². The average Bonchev–Trinajstić information content (AvgIpc) is 2.64. The highest BCUT2D eigenvalue weighted by Crippen LogP contribution is 2.43. The van der Waals surface area contributed by atoms with Crippen molar-refractivity contribution < 1.29 is 14.2 Å². The molecule has 0 unspecified atom stereocenters. The zero-order chi connectivity index (χ0) is 9.26. The molecule has 0 N–H and O–H groups in total. The largest absolute Gasteiger partial charge is 0.493 e. The average molecular weight is 179 g/mol. The zero-order valence-electron chi connectivity index (χ0n) is 7.72. The maximum absolute atomic E-state index is 5.33. The summed E-state index contributed by atoms with van der Waals surface area (Å²) < 4.78 is 15.7. The molecule has 69 valence electrons. The molecule has 1 aromatic carbocycles. The summed E-state index contributed by atoms with van der Waals surface area (Å²) in [4.78, 5) is 0. The van der Waals surface area contributed by atoms with Crippen LogP contribution in [-0.4, -0.2) is 13.9 Å². The van der Waals surface area contributed by atoms with Gasteiger partial charge in [0.2, 0.25) is 12.5 Å². The van der Waals surface area contributed by atoms with Gasteiger partial charge >= 0.3 is 0 Å². The van der Waals surface area contributed by atoms with E-state index >= 15 is 0 Å². The van der Waals surface area contributed by atoms with Gasteiger partial charge in [-0.2, -0.15) is 0 Å². The molecule has 3 heteroatoms. The van der Waals surface area contributed by atoms with E-state index in [9.17, 15) is 0 Å². The topological polar surface area (TPSA) is 27.7 Å². The number of fused-ring (bicyclic) bond motifs is 1. The van der Waals surface area contributed by atoms with Gasteiger partial charge in [-0.1, -0.05) is 6.92 Å². The van der Waals surface area contributed by atoms with Crippen LogP contribution in [0.1, 0.15) is 12.5 Å². The molecule has 0 aliphatic carbocycles. The minimum absolute atomic E-state index is 0.274. The monoisotopic (exact) mass is 179 g/mol. The zero-order valence-corrected chi connectivity index (χ0v) is 7.72. The Kier molecular flexibility index (Phi) is 2.00. The first-order chi connectivity index (χ1) is 6.36. The summed E-state index contributed by atoms with van der Waals surface area (Å²) in [5.41, 5.74) is 1.04. The van der Waals surface area contributed by atoms with E-state index in [1.54, 1.807) is 13.2 Å². The van der Waals surface area contributed by atoms with Crippen LogP contribution in [0.4, 0.5) is 0 Å². The molecule has 0 spiro atoms. The van der Waals surface area contributed by atoms with E-state index in [-0.39, 0.29) is 6.79 Å². The summed E-state index contributed by atoms with van der Waals surface area (Å²) in [6.07, 6.45) is 0.885. The molecule has 0 saturated heterocycles. The number of aryl methyl sites for hydroxylation is 1. The molecule has 1 radical (unpaired) electrons. The van der Waals surface area contributed by atoms with E-state index in [4.69, 9.17) is 14.2 Å². The molecule has 0 amide bonds. The summed E-state index contributed by atoms with van der Waals surface area (Å²) in [5.74, 6) is 2.17. The first kappa shape index (κ1) is 8.23. The summed E-state index contributed by atoms with van der Waals surface area (Å²) in [6.45, 7) is 2.33. The Morgan fingerprint density at radius 3 is 2.92 bits per heavy atom. The first-order valence-corrected chi connectivity index (χ1v) is 4.24. The second kappa shape index (κ2) is 3.17. The number of benzene rings is 1. The van der Waals surface area contributed by atoms with Gasteiger partial charge in [0.05, 0.1) is 7.11 Å². The predicted molar refractivity (Wildman–Crippen MR) is 47.3 cm³/mol. The summed E-state index contributed by atoms with van der Waals surface area (Å²) in [7, 11) is 1.61. The van der Waals surface area contributed by atoms with Crippen LogP contribution in [0.5, 0.6) is 17.2 Å². The normalized spacial score (nSPS) is 13.1. The summed E-state index contributed by atoms with van der Waals surface area (Å²) in [6, 6.07) is 4.89. The molecule has 0 saturated carbocycles. The van der Waals surface area contributed by atoms with E-state index in [1.807, 2.05) is 0 Å². The third-order valence-electron chi connectivity index (χ3n) is 2.06. The van der Waals surface area contributed by atoms with Crippen LogP contribution in [0, 0.1) is 6.07 Å². The fourth-order valence-electron chi connectivity index (χ4n) is 1.38. The first-order valence-electron chi connectivity index (χ1n) is 4.24. The van der Waals surface area contributed by atoms with Crippen LogP contribution in [0.15, 0.2) is 6.07 Å². The molecule has 0 atom stereocenters.